The highest BCUT2D eigenvalue weighted by molar-refractivity contribution is 5.26. The number of isocyanates is 1. The predicted molar refractivity (Wildman–Crippen MR) is 84.3 cm³/mol. The van der Waals surface area contributed by atoms with E-state index in [9.17, 15) is 0 Å². The van der Waals surface area contributed by atoms with Gasteiger partial charge in [-0.3, -0.25) is 0 Å². The summed E-state index contributed by atoms with van der Waals surface area (Å²) >= 11 is 0. The zero-order valence-electron chi connectivity index (χ0n) is 13.5. The molecule has 1 unspecified atom stereocenters. The van der Waals surface area contributed by atoms with Crippen LogP contribution in [0.25, 0.3) is 0 Å². The van der Waals surface area contributed by atoms with Gasteiger partial charge >= 0.3 is 0 Å². The highest BCUT2D eigenvalue weighted by atomic mass is 16.1. The number of nitrogens with one attached hydrogen (secondary N) is 1. The Morgan fingerprint density at radius 3 is 1.53 bits per heavy atom. The molecule has 0 rings (SSSR count). The Balaban J connectivity index is 0. The highest BCUT2D eigenvalue weighted by Crippen LogP contribution is 2.17. The summed E-state index contributed by atoms with van der Waals surface area (Å²) in [5.41, 5.74) is 0. The van der Waals surface area contributed by atoms with Crippen LogP contribution in [0.1, 0.15) is 97.8 Å². The van der Waals surface area contributed by atoms with Gasteiger partial charge in [0.15, 0.2) is 0 Å². The second kappa shape index (κ2) is 19.7. The standard InChI is InChI=1S/C16H34.CHNO/c1-4-6-8-10-11-13-15-16(3)14-12-9-7-5-2;2-1-3/h16H,4-15H2,1-3H3;2H. The van der Waals surface area contributed by atoms with Gasteiger partial charge in [0.2, 0.25) is 6.08 Å². The Labute approximate surface area is 120 Å². The van der Waals surface area contributed by atoms with Crippen molar-refractivity contribution in [2.24, 2.45) is 5.92 Å². The van der Waals surface area contributed by atoms with Crippen LogP contribution in [0.4, 0.5) is 0 Å². The number of unbranched alkanes of at least 4 members (excludes halogenated alkanes) is 8. The van der Waals surface area contributed by atoms with Gasteiger partial charge < -0.3 is 0 Å². The molecule has 1 N–H and O–H groups in total. The maximum absolute atomic E-state index is 8.35. The van der Waals surface area contributed by atoms with Crippen LogP contribution in [0.15, 0.2) is 0 Å². The minimum atomic E-state index is 0.750. The van der Waals surface area contributed by atoms with Crippen molar-refractivity contribution in [3.05, 3.63) is 0 Å². The summed E-state index contributed by atoms with van der Waals surface area (Å²) in [5, 5.41) is 5.40. The number of hydrogen-bond acceptors (Lipinski definition) is 2. The molecular formula is C17H35NO. The van der Waals surface area contributed by atoms with Crippen molar-refractivity contribution in [3.8, 4) is 0 Å². The van der Waals surface area contributed by atoms with E-state index in [-0.39, 0.29) is 0 Å². The first kappa shape index (κ1) is 20.7. The van der Waals surface area contributed by atoms with Gasteiger partial charge in [0, 0.05) is 0 Å². The second-order valence-corrected chi connectivity index (χ2v) is 5.61. The molecule has 0 aliphatic rings. The summed E-state index contributed by atoms with van der Waals surface area (Å²) in [6, 6.07) is 0. The summed E-state index contributed by atoms with van der Waals surface area (Å²) < 4.78 is 0. The van der Waals surface area contributed by atoms with Gasteiger partial charge in [-0.2, -0.15) is 0 Å². The zero-order chi connectivity index (χ0) is 14.8. The van der Waals surface area contributed by atoms with Crippen LogP contribution in [-0.4, -0.2) is 6.08 Å². The third-order valence-corrected chi connectivity index (χ3v) is 3.60. The van der Waals surface area contributed by atoms with Crippen LogP contribution < -0.4 is 0 Å². The fraction of sp³-hybridized carbons (Fsp3) is 0.941. The van der Waals surface area contributed by atoms with E-state index < -0.39 is 0 Å². The molecule has 0 spiro atoms. The van der Waals surface area contributed by atoms with Gasteiger partial charge in [-0.25, -0.2) is 10.2 Å². The van der Waals surface area contributed by atoms with Gasteiger partial charge in [-0.05, 0) is 5.92 Å². The second-order valence-electron chi connectivity index (χ2n) is 5.61. The van der Waals surface area contributed by atoms with Crippen LogP contribution in [-0.2, 0) is 4.79 Å². The van der Waals surface area contributed by atoms with Crippen LogP contribution in [0.5, 0.6) is 0 Å². The molecule has 0 saturated heterocycles. The van der Waals surface area contributed by atoms with Crippen LogP contribution >= 0.6 is 0 Å². The Bertz CT molecular complexity index is 186. The Kier molecular flexibility index (Phi) is 21.5. The first-order valence-electron chi connectivity index (χ1n) is 8.26. The number of hydrogen-bond donors (Lipinski definition) is 1. The SMILES string of the molecule is CCCCCCCCC(C)CCCCCC.N=C=O. The largest absolute Gasteiger partial charge is 0.231 e. The topological polar surface area (TPSA) is 40.9 Å². The molecule has 2 heteroatoms. The van der Waals surface area contributed by atoms with Gasteiger partial charge in [0.1, 0.15) is 0 Å². The fourth-order valence-electron chi connectivity index (χ4n) is 2.34. The molecule has 0 aromatic rings. The summed E-state index contributed by atoms with van der Waals surface area (Å²) in [4.78, 5) is 8.35. The maximum atomic E-state index is 8.35. The molecule has 0 saturated carbocycles. The third-order valence-electron chi connectivity index (χ3n) is 3.60. The van der Waals surface area contributed by atoms with E-state index in [1.807, 2.05) is 0 Å². The molecule has 114 valence electrons. The Hall–Kier alpha value is -0.620. The van der Waals surface area contributed by atoms with Crippen molar-refractivity contribution in [1.29, 1.82) is 5.41 Å². The van der Waals surface area contributed by atoms with Gasteiger partial charge in [-0.1, -0.05) is 97.8 Å². The maximum Gasteiger partial charge on any atom is 0.231 e. The number of rotatable bonds is 12. The minimum absolute atomic E-state index is 0.750. The average molecular weight is 269 g/mol. The molecule has 0 fully saturated rings. The van der Waals surface area contributed by atoms with Gasteiger partial charge in [0.25, 0.3) is 0 Å². The van der Waals surface area contributed by atoms with Crippen molar-refractivity contribution in [3.63, 3.8) is 0 Å². The number of carbonyl (C=O) groups excluding carboxylic acids is 1. The van der Waals surface area contributed by atoms with E-state index in [1.165, 1.54) is 77.0 Å². The monoisotopic (exact) mass is 269 g/mol. The summed E-state index contributed by atoms with van der Waals surface area (Å²) in [6.45, 7) is 7.02. The Morgan fingerprint density at radius 1 is 0.789 bits per heavy atom. The molecule has 19 heavy (non-hydrogen) atoms. The molecule has 0 aromatic heterocycles. The lowest BCUT2D eigenvalue weighted by molar-refractivity contribution is 0.434. The lowest BCUT2D eigenvalue weighted by atomic mass is 9.96. The normalized spacial score (nSPS) is 11.3. The summed E-state index contributed by atoms with van der Waals surface area (Å²) in [5.74, 6) is 0.975. The molecule has 0 heterocycles. The molecule has 0 amide bonds. The highest BCUT2D eigenvalue weighted by Gasteiger charge is 2.01. The van der Waals surface area contributed by atoms with Crippen LogP contribution in [0.3, 0.4) is 0 Å². The summed E-state index contributed by atoms with van der Waals surface area (Å²) in [6.07, 6.45) is 18.1. The quantitative estimate of drug-likeness (QED) is 0.254. The van der Waals surface area contributed by atoms with Crippen molar-refractivity contribution in [1.82, 2.24) is 0 Å². The smallest absolute Gasteiger partial charge is 0.222 e. The van der Waals surface area contributed by atoms with E-state index in [1.54, 1.807) is 0 Å². The lowest BCUT2D eigenvalue weighted by Gasteiger charge is -2.10. The third kappa shape index (κ3) is 23.0. The lowest BCUT2D eigenvalue weighted by Crippen LogP contribution is -1.95. The summed E-state index contributed by atoms with van der Waals surface area (Å²) in [7, 11) is 0. The molecule has 0 aliphatic carbocycles. The molecular weight excluding hydrogens is 234 g/mol. The molecule has 0 bridgehead atoms. The zero-order valence-corrected chi connectivity index (χ0v) is 13.5. The Morgan fingerprint density at radius 2 is 1.11 bits per heavy atom. The molecule has 0 aromatic carbocycles. The van der Waals surface area contributed by atoms with Crippen molar-refractivity contribution < 1.29 is 4.79 Å². The van der Waals surface area contributed by atoms with Crippen LogP contribution in [0, 0.1) is 11.3 Å². The van der Waals surface area contributed by atoms with Crippen molar-refractivity contribution in [2.45, 2.75) is 97.8 Å². The molecule has 0 aliphatic heterocycles. The van der Waals surface area contributed by atoms with E-state index in [0.29, 0.717) is 0 Å². The molecule has 1 atom stereocenters. The van der Waals surface area contributed by atoms with Crippen LogP contribution in [0.2, 0.25) is 0 Å². The molecule has 0 radical (unpaired) electrons. The van der Waals surface area contributed by atoms with Gasteiger partial charge in [0.05, 0.1) is 0 Å². The van der Waals surface area contributed by atoms with E-state index in [4.69, 9.17) is 10.2 Å². The minimum Gasteiger partial charge on any atom is -0.222 e. The first-order valence-corrected chi connectivity index (χ1v) is 8.26. The van der Waals surface area contributed by atoms with Gasteiger partial charge in [-0.15, -0.1) is 0 Å². The predicted octanol–water partition coefficient (Wildman–Crippen LogP) is 6.24. The van der Waals surface area contributed by atoms with Crippen molar-refractivity contribution in [2.75, 3.05) is 0 Å². The molecule has 2 nitrogen and oxygen atoms in total. The van der Waals surface area contributed by atoms with Crippen molar-refractivity contribution >= 4 is 6.08 Å². The fourth-order valence-corrected chi connectivity index (χ4v) is 2.34. The first-order chi connectivity index (χ1) is 9.22. The average Bonchev–Trinajstić information content (AvgIpc) is 2.40. The van der Waals surface area contributed by atoms with E-state index in [2.05, 4.69) is 20.8 Å². The van der Waals surface area contributed by atoms with E-state index in [0.717, 1.165) is 12.0 Å². The van der Waals surface area contributed by atoms with E-state index >= 15 is 0 Å².